The van der Waals surface area contributed by atoms with Crippen molar-refractivity contribution in [3.05, 3.63) is 73.3 Å². The summed E-state index contributed by atoms with van der Waals surface area (Å²) in [7, 11) is 0. The second kappa shape index (κ2) is 14.2. The molecule has 0 bridgehead atoms. The molecule has 2 aromatic rings. The highest BCUT2D eigenvalue weighted by atomic mass is 127. The molecule has 0 spiro atoms. The molecule has 4 rings (SSSR count). The van der Waals surface area contributed by atoms with E-state index in [4.69, 9.17) is 27.9 Å². The third kappa shape index (κ3) is 7.88. The average Bonchev–Trinajstić information content (AvgIpc) is 3.42. The fourth-order valence-electron chi connectivity index (χ4n) is 5.27. The molecule has 1 fully saturated rings. The van der Waals surface area contributed by atoms with Crippen molar-refractivity contribution >= 4 is 57.6 Å². The largest absolute Gasteiger partial charge is 0.482 e. The van der Waals surface area contributed by atoms with Crippen LogP contribution in [0.1, 0.15) is 44.1 Å². The molecule has 1 saturated carbocycles. The van der Waals surface area contributed by atoms with E-state index in [-0.39, 0.29) is 37.9 Å². The first-order valence-corrected chi connectivity index (χ1v) is 15.0. The van der Waals surface area contributed by atoms with E-state index in [1.807, 2.05) is 18.2 Å². The Balaban J connectivity index is 1.68. The topological polar surface area (TPSA) is 99.1 Å². The second-order valence-electron chi connectivity index (χ2n) is 10.1. The number of para-hydroxylation sites is 1. The Kier molecular flexibility index (Phi) is 10.9. The summed E-state index contributed by atoms with van der Waals surface area (Å²) in [6, 6.07) is 11.8. The summed E-state index contributed by atoms with van der Waals surface area (Å²) < 4.78 is 7.07. The number of nitrogens with zero attached hydrogens (tertiary/aromatic N) is 1. The van der Waals surface area contributed by atoms with E-state index in [1.165, 1.54) is 0 Å². The lowest BCUT2D eigenvalue weighted by Gasteiger charge is -2.41. The zero-order valence-corrected chi connectivity index (χ0v) is 25.2. The van der Waals surface area contributed by atoms with Gasteiger partial charge < -0.3 is 25.2 Å². The van der Waals surface area contributed by atoms with Gasteiger partial charge in [-0.3, -0.25) is 9.59 Å². The van der Waals surface area contributed by atoms with Crippen LogP contribution in [0.25, 0.3) is 0 Å². The monoisotopic (exact) mass is 686 g/mol. The van der Waals surface area contributed by atoms with Crippen LogP contribution < -0.4 is 10.1 Å². The Morgan fingerprint density at radius 1 is 1.13 bits per heavy atom. The van der Waals surface area contributed by atoms with Crippen molar-refractivity contribution in [2.45, 2.75) is 63.3 Å². The highest BCUT2D eigenvalue weighted by molar-refractivity contribution is 14.1. The number of ether oxygens (including phenoxy) is 1. The summed E-state index contributed by atoms with van der Waals surface area (Å²) in [6.07, 6.45) is 4.35. The number of amides is 2. The molecule has 2 aliphatic rings. The molecule has 2 aliphatic carbocycles. The minimum Gasteiger partial charge on any atom is -0.482 e. The Bertz CT molecular complexity index is 1200. The fraction of sp³-hybridized carbons (Fsp3) is 0.448. The van der Waals surface area contributed by atoms with E-state index in [9.17, 15) is 19.8 Å². The zero-order chi connectivity index (χ0) is 27.9. The molecule has 0 radical (unpaired) electrons. The van der Waals surface area contributed by atoms with Crippen molar-refractivity contribution in [2.24, 2.45) is 5.92 Å². The fourth-order valence-corrected chi connectivity index (χ4v) is 6.25. The van der Waals surface area contributed by atoms with Crippen molar-refractivity contribution in [3.8, 4) is 5.75 Å². The normalized spacial score (nSPS) is 21.4. The van der Waals surface area contributed by atoms with E-state index < -0.39 is 18.2 Å². The number of carbonyl (C=O) groups is 2. The van der Waals surface area contributed by atoms with Crippen LogP contribution in [0.15, 0.2) is 54.1 Å². The van der Waals surface area contributed by atoms with Crippen molar-refractivity contribution < 1.29 is 24.5 Å². The second-order valence-corrected chi connectivity index (χ2v) is 12.1. The molecule has 10 heteroatoms. The maximum atomic E-state index is 13.8. The van der Waals surface area contributed by atoms with Crippen LogP contribution in [0.4, 0.5) is 0 Å². The lowest BCUT2D eigenvalue weighted by molar-refractivity contribution is -0.140. The molecule has 0 aliphatic heterocycles. The number of hydrogen-bond donors (Lipinski definition) is 3. The quantitative estimate of drug-likeness (QED) is 0.302. The third-order valence-corrected chi connectivity index (χ3v) is 8.81. The van der Waals surface area contributed by atoms with Crippen LogP contribution in [0.5, 0.6) is 5.75 Å². The van der Waals surface area contributed by atoms with Gasteiger partial charge in [0.25, 0.3) is 0 Å². The smallest absolute Gasteiger partial charge is 0.247 e. The van der Waals surface area contributed by atoms with Crippen molar-refractivity contribution in [3.63, 3.8) is 0 Å². The summed E-state index contributed by atoms with van der Waals surface area (Å²) in [4.78, 5) is 28.5. The van der Waals surface area contributed by atoms with Crippen LogP contribution in [0.2, 0.25) is 10.0 Å². The Labute approximate surface area is 252 Å². The first kappa shape index (κ1) is 30.1. The van der Waals surface area contributed by atoms with Gasteiger partial charge in [0, 0.05) is 41.5 Å². The molecule has 3 unspecified atom stereocenters. The van der Waals surface area contributed by atoms with E-state index in [0.717, 1.165) is 29.3 Å². The van der Waals surface area contributed by atoms with Gasteiger partial charge in [-0.25, -0.2) is 0 Å². The molecule has 0 saturated heterocycles. The standard InChI is InChI=1S/C29H33Cl2IN2O5/c30-21-10-9-19(22(31)16-21)17-34(27(36)13-18-5-1-2-6-18)24-14-20(29(38)33-11-12-35)15-26(28(24)37)39-25-8-4-3-7-23(25)32/h3-4,7-10,15-16,18,24,26,28,35,37H,1-2,5-6,11-14,17H2,(H,33,38). The van der Waals surface area contributed by atoms with E-state index in [2.05, 4.69) is 27.9 Å². The molecule has 7 nitrogen and oxygen atoms in total. The number of halogens is 3. The van der Waals surface area contributed by atoms with Crippen LogP contribution in [-0.4, -0.2) is 58.3 Å². The van der Waals surface area contributed by atoms with Gasteiger partial charge in [0.05, 0.1) is 16.2 Å². The van der Waals surface area contributed by atoms with Gasteiger partial charge in [-0.15, -0.1) is 0 Å². The van der Waals surface area contributed by atoms with Gasteiger partial charge in [-0.05, 0) is 77.3 Å². The summed E-state index contributed by atoms with van der Waals surface area (Å²) in [5, 5.41) is 24.5. The molecular formula is C29H33Cl2IN2O5. The van der Waals surface area contributed by atoms with E-state index in [1.54, 1.807) is 35.2 Å². The molecule has 39 heavy (non-hydrogen) atoms. The maximum absolute atomic E-state index is 13.8. The highest BCUT2D eigenvalue weighted by Gasteiger charge is 2.41. The summed E-state index contributed by atoms with van der Waals surface area (Å²) >= 11 is 14.8. The Morgan fingerprint density at radius 3 is 2.56 bits per heavy atom. The molecule has 3 atom stereocenters. The van der Waals surface area contributed by atoms with Gasteiger partial charge in [0.15, 0.2) is 0 Å². The van der Waals surface area contributed by atoms with Gasteiger partial charge in [0.2, 0.25) is 11.8 Å². The van der Waals surface area contributed by atoms with Gasteiger partial charge in [0.1, 0.15) is 18.0 Å². The van der Waals surface area contributed by atoms with Gasteiger partial charge in [-0.1, -0.05) is 54.2 Å². The molecule has 2 amide bonds. The predicted octanol–water partition coefficient (Wildman–Crippen LogP) is 5.12. The molecule has 0 aromatic heterocycles. The zero-order valence-electron chi connectivity index (χ0n) is 21.5. The predicted molar refractivity (Wildman–Crippen MR) is 160 cm³/mol. The van der Waals surface area contributed by atoms with Crippen LogP contribution in [0, 0.1) is 9.49 Å². The Morgan fingerprint density at radius 2 is 1.87 bits per heavy atom. The Hall–Kier alpha value is -1.85. The number of aliphatic hydroxyl groups is 2. The molecule has 0 heterocycles. The highest BCUT2D eigenvalue weighted by Crippen LogP contribution is 2.34. The third-order valence-electron chi connectivity index (χ3n) is 7.33. The molecule has 210 valence electrons. The van der Waals surface area contributed by atoms with Crippen LogP contribution >= 0.6 is 45.8 Å². The number of carbonyl (C=O) groups excluding carboxylic acids is 2. The molecule has 3 N–H and O–H groups in total. The minimum atomic E-state index is -1.10. The van der Waals surface area contributed by atoms with E-state index in [0.29, 0.717) is 39.3 Å². The van der Waals surface area contributed by atoms with Gasteiger partial charge >= 0.3 is 0 Å². The molecular weight excluding hydrogens is 654 g/mol. The first-order chi connectivity index (χ1) is 18.8. The van der Waals surface area contributed by atoms with Crippen molar-refractivity contribution in [2.75, 3.05) is 13.2 Å². The molecule has 2 aromatic carbocycles. The summed E-state index contributed by atoms with van der Waals surface area (Å²) in [5.74, 6) is 0.396. The number of aliphatic hydroxyl groups excluding tert-OH is 2. The maximum Gasteiger partial charge on any atom is 0.247 e. The lowest BCUT2D eigenvalue weighted by atomic mass is 9.87. The van der Waals surface area contributed by atoms with Gasteiger partial charge in [-0.2, -0.15) is 0 Å². The van der Waals surface area contributed by atoms with Crippen LogP contribution in [-0.2, 0) is 16.1 Å². The number of benzene rings is 2. The first-order valence-electron chi connectivity index (χ1n) is 13.2. The summed E-state index contributed by atoms with van der Waals surface area (Å²) in [5.41, 5.74) is 1.08. The minimum absolute atomic E-state index is 0.0935. The number of rotatable bonds is 10. The SMILES string of the molecule is O=C(NCCO)C1=CC(Oc2ccccc2I)C(O)C(N(Cc2ccc(Cl)cc2Cl)C(=O)CC2CCCC2)C1. The average molecular weight is 687 g/mol. The summed E-state index contributed by atoms with van der Waals surface area (Å²) in [6.45, 7) is 0.0505. The van der Waals surface area contributed by atoms with E-state index >= 15 is 0 Å². The number of hydrogen-bond acceptors (Lipinski definition) is 5. The number of nitrogens with one attached hydrogen (secondary N) is 1. The lowest BCUT2D eigenvalue weighted by Crippen LogP contribution is -2.55. The van der Waals surface area contributed by atoms with Crippen molar-refractivity contribution in [1.29, 1.82) is 0 Å². The van der Waals surface area contributed by atoms with Crippen molar-refractivity contribution in [1.82, 2.24) is 10.2 Å². The van der Waals surface area contributed by atoms with Crippen LogP contribution in [0.3, 0.4) is 0 Å².